The fourth-order valence-electron chi connectivity index (χ4n) is 2.21. The van der Waals surface area contributed by atoms with Gasteiger partial charge in [-0.3, -0.25) is 4.98 Å². The highest BCUT2D eigenvalue weighted by Crippen LogP contribution is 2.25. The van der Waals surface area contributed by atoms with Crippen molar-refractivity contribution in [2.75, 3.05) is 6.61 Å². The first-order chi connectivity index (χ1) is 10.9. The van der Waals surface area contributed by atoms with Gasteiger partial charge in [-0.15, -0.1) is 0 Å². The van der Waals surface area contributed by atoms with E-state index in [9.17, 15) is 0 Å². The monoisotopic (exact) mass is 340 g/mol. The van der Waals surface area contributed by atoms with Crippen LogP contribution in [0.4, 0.5) is 0 Å². The van der Waals surface area contributed by atoms with Gasteiger partial charge in [0.1, 0.15) is 22.7 Å². The molecule has 23 heavy (non-hydrogen) atoms. The van der Waals surface area contributed by atoms with Crippen LogP contribution in [0.3, 0.4) is 0 Å². The molecule has 4 rings (SSSR count). The number of pyridine rings is 1. The average molecular weight is 340 g/mol. The second-order valence-electron chi connectivity index (χ2n) is 4.72. The molecule has 3 aliphatic rings. The zero-order chi connectivity index (χ0) is 16.4. The number of hydrogen-bond acceptors (Lipinski definition) is 7. The Bertz CT molecular complexity index is 851. The van der Waals surface area contributed by atoms with Crippen LogP contribution in [0, 0.1) is 0 Å². The lowest BCUT2D eigenvalue weighted by molar-refractivity contribution is 0.108. The van der Waals surface area contributed by atoms with Crippen LogP contribution < -0.4 is 16.2 Å². The zero-order valence-corrected chi connectivity index (χ0v) is 12.6. The average Bonchev–Trinajstić information content (AvgIpc) is 3.14. The van der Waals surface area contributed by atoms with Gasteiger partial charge in [-0.25, -0.2) is 20.0 Å². The number of nitrogens with zero attached hydrogens (tertiary/aromatic N) is 3. The predicted molar refractivity (Wildman–Crippen MR) is 74.6 cm³/mol. The van der Waals surface area contributed by atoms with Gasteiger partial charge in [0.15, 0.2) is 5.82 Å². The van der Waals surface area contributed by atoms with Crippen molar-refractivity contribution in [3.05, 3.63) is 52.0 Å². The zero-order valence-electron chi connectivity index (χ0n) is 11.7. The van der Waals surface area contributed by atoms with E-state index in [2.05, 4.69) is 20.4 Å². The molecule has 1 aromatic rings. The lowest BCUT2D eigenvalue weighted by Crippen LogP contribution is -2.32. The molecule has 0 bridgehead atoms. The molecule has 122 valence electrons. The molecule has 4 N–H and O–H groups in total. The molecule has 0 amide bonds. The maximum Gasteiger partial charge on any atom is 0.466 e. The van der Waals surface area contributed by atoms with Crippen LogP contribution in [0.1, 0.15) is 11.3 Å². The highest BCUT2D eigenvalue weighted by molar-refractivity contribution is 7.45. The molecule has 0 aromatic carbocycles. The van der Waals surface area contributed by atoms with Crippen LogP contribution in [0.2, 0.25) is 0 Å². The van der Waals surface area contributed by atoms with Gasteiger partial charge >= 0.3 is 7.82 Å². The largest absolute Gasteiger partial charge is 0.466 e. The summed E-state index contributed by atoms with van der Waals surface area (Å²) in [5, 5.41) is 1.67. The van der Waals surface area contributed by atoms with Crippen LogP contribution in [-0.2, 0) is 27.2 Å². The van der Waals surface area contributed by atoms with Gasteiger partial charge in [-0.05, 0) is 0 Å². The van der Waals surface area contributed by atoms with Crippen molar-refractivity contribution in [3.63, 3.8) is 0 Å². The van der Waals surface area contributed by atoms with Gasteiger partial charge in [0, 0.05) is 18.1 Å². The second kappa shape index (κ2) is 6.19. The molecular weight excluding hydrogens is 327 g/mol. The molecular formula is C12H13N4O6P. The summed E-state index contributed by atoms with van der Waals surface area (Å²) in [5.41, 5.74) is 5.63. The molecule has 1 aromatic heterocycles. The number of phosphoric acid groups is 1. The van der Waals surface area contributed by atoms with Crippen molar-refractivity contribution in [2.24, 2.45) is 9.98 Å². The molecule has 0 fully saturated rings. The van der Waals surface area contributed by atoms with E-state index in [0.29, 0.717) is 12.4 Å². The Balaban J connectivity index is 0.000000276. The van der Waals surface area contributed by atoms with Crippen LogP contribution in [0.5, 0.6) is 0 Å². The molecule has 0 unspecified atom stereocenters. The molecule has 0 saturated heterocycles. The second-order valence-corrected chi connectivity index (χ2v) is 5.74. The maximum atomic E-state index is 8.88. The van der Waals surface area contributed by atoms with E-state index >= 15 is 0 Å². The van der Waals surface area contributed by atoms with Gasteiger partial charge in [0.25, 0.3) is 0 Å². The van der Waals surface area contributed by atoms with Gasteiger partial charge in [-0.2, -0.15) is 0 Å². The summed E-state index contributed by atoms with van der Waals surface area (Å²) in [5.74, 6) is 0.625. The van der Waals surface area contributed by atoms with Crippen LogP contribution >= 0.6 is 7.82 Å². The van der Waals surface area contributed by atoms with Gasteiger partial charge in [0.05, 0.1) is 25.1 Å². The number of hydroxylamine groups is 1. The van der Waals surface area contributed by atoms with E-state index in [-0.39, 0.29) is 0 Å². The summed E-state index contributed by atoms with van der Waals surface area (Å²) in [7, 11) is -4.64. The van der Waals surface area contributed by atoms with Crippen molar-refractivity contribution in [3.8, 4) is 0 Å². The number of aromatic nitrogens is 1. The minimum Gasteiger partial charge on any atom is -0.390 e. The number of allylic oxidation sites excluding steroid dienone is 1. The molecule has 3 aliphatic heterocycles. The molecule has 0 aliphatic carbocycles. The number of fused-ring (bicyclic) bond motifs is 3. The Hall–Kier alpha value is -2.10. The Morgan fingerprint density at radius 3 is 2.74 bits per heavy atom. The van der Waals surface area contributed by atoms with Crippen molar-refractivity contribution >= 4 is 7.82 Å². The third kappa shape index (κ3) is 3.81. The first-order valence-corrected chi connectivity index (χ1v) is 8.11. The quantitative estimate of drug-likeness (QED) is 0.426. The maximum absolute atomic E-state index is 8.88. The molecule has 11 heteroatoms. The first-order valence-electron chi connectivity index (χ1n) is 6.54. The number of hydrogen-bond donors (Lipinski definition) is 4. The summed E-state index contributed by atoms with van der Waals surface area (Å²) in [4.78, 5) is 39.9. The molecule has 10 nitrogen and oxygen atoms in total. The minimum absolute atomic E-state index is 0.562. The fraction of sp³-hybridized carbons (Fsp3) is 0.250. The van der Waals surface area contributed by atoms with Crippen LogP contribution in [-0.4, -0.2) is 26.3 Å². The summed E-state index contributed by atoms with van der Waals surface area (Å²) in [6.45, 7) is 1.29. The molecule has 0 spiro atoms. The van der Waals surface area contributed by atoms with E-state index in [1.54, 1.807) is 18.5 Å². The van der Waals surface area contributed by atoms with Crippen molar-refractivity contribution in [1.29, 1.82) is 0 Å². The summed E-state index contributed by atoms with van der Waals surface area (Å²) < 4.78 is 14.4. The lowest BCUT2D eigenvalue weighted by atomic mass is 10.1. The number of ether oxygens (including phenoxy) is 1. The van der Waals surface area contributed by atoms with Gasteiger partial charge in [-0.1, -0.05) is 0 Å². The normalized spacial score (nSPS) is 21.0. The van der Waals surface area contributed by atoms with E-state index < -0.39 is 7.82 Å². The standard InChI is InChI=1S/C12H10N4O2.H3O4P/c1-3-17-6-7-8(1)13-5-10-11(7)15-12(14-10)9-2-4-18-16-9;1-5(2,3)4/h2,4-5,16H,1,3,6H2;(H3,1,2,3,4)/b12-9+;. The molecule has 4 heterocycles. The Morgan fingerprint density at radius 1 is 1.26 bits per heavy atom. The van der Waals surface area contributed by atoms with Gasteiger partial charge < -0.3 is 24.3 Å². The van der Waals surface area contributed by atoms with E-state index in [1.807, 2.05) is 0 Å². The lowest BCUT2D eigenvalue weighted by Gasteiger charge is -2.14. The molecule has 0 saturated carbocycles. The highest BCUT2D eigenvalue weighted by Gasteiger charge is 2.18. The summed E-state index contributed by atoms with van der Waals surface area (Å²) >= 11 is 0. The Morgan fingerprint density at radius 2 is 2.04 bits per heavy atom. The first kappa shape index (κ1) is 15.8. The van der Waals surface area contributed by atoms with Crippen molar-refractivity contribution in [1.82, 2.24) is 10.5 Å². The third-order valence-corrected chi connectivity index (χ3v) is 3.11. The highest BCUT2D eigenvalue weighted by atomic mass is 31.2. The minimum atomic E-state index is -4.64. The summed E-state index contributed by atoms with van der Waals surface area (Å²) in [6.07, 6.45) is 5.97. The smallest absolute Gasteiger partial charge is 0.390 e. The molecule has 0 radical (unpaired) electrons. The fourth-order valence-corrected chi connectivity index (χ4v) is 2.21. The third-order valence-electron chi connectivity index (χ3n) is 3.11. The van der Waals surface area contributed by atoms with Crippen molar-refractivity contribution in [2.45, 2.75) is 13.0 Å². The predicted octanol–water partition coefficient (Wildman–Crippen LogP) is -1.30. The van der Waals surface area contributed by atoms with Gasteiger partial charge in [0.2, 0.25) is 0 Å². The van der Waals surface area contributed by atoms with E-state index in [4.69, 9.17) is 28.8 Å². The Labute approximate surface area is 129 Å². The van der Waals surface area contributed by atoms with Crippen LogP contribution in [0.25, 0.3) is 0 Å². The SMILES string of the molecule is C1=C/C(=C2/N=c3cnc4c(c3=N2)COCC4)NO1.O=P(O)(O)O. The number of nitrogens with one attached hydrogen (secondary N) is 1. The number of rotatable bonds is 0. The topological polar surface area (TPSA) is 146 Å². The molecule has 0 atom stereocenters. The summed E-state index contributed by atoms with van der Waals surface area (Å²) in [6, 6.07) is 0. The van der Waals surface area contributed by atoms with E-state index in [1.165, 1.54) is 0 Å². The van der Waals surface area contributed by atoms with Crippen molar-refractivity contribution < 1.29 is 28.8 Å². The van der Waals surface area contributed by atoms with Crippen LogP contribution in [0.15, 0.2) is 40.0 Å². The van der Waals surface area contributed by atoms with E-state index in [0.717, 1.165) is 40.7 Å². The Kier molecular flexibility index (Phi) is 4.24.